The van der Waals surface area contributed by atoms with Crippen molar-refractivity contribution in [2.24, 2.45) is 0 Å². The molecule has 0 aliphatic rings. The van der Waals surface area contributed by atoms with Gasteiger partial charge < -0.3 is 15.4 Å². The largest absolute Gasteiger partial charge is 0.494 e. The van der Waals surface area contributed by atoms with E-state index in [1.165, 1.54) is 24.8 Å². The highest BCUT2D eigenvalue weighted by Crippen LogP contribution is 2.46. The van der Waals surface area contributed by atoms with E-state index >= 15 is 0 Å². The van der Waals surface area contributed by atoms with E-state index in [-0.39, 0.29) is 10.7 Å². The van der Waals surface area contributed by atoms with Gasteiger partial charge in [-0.2, -0.15) is 0 Å². The van der Waals surface area contributed by atoms with Crippen LogP contribution in [0.25, 0.3) is 10.2 Å². The number of nitrogens with one attached hydrogen (secondary N) is 2. The average molecular weight is 553 g/mol. The zero-order valence-corrected chi connectivity index (χ0v) is 21.0. The van der Waals surface area contributed by atoms with Crippen LogP contribution in [0.1, 0.15) is 21.5 Å². The molecule has 0 spiro atoms. The zero-order chi connectivity index (χ0) is 23.0. The predicted octanol–water partition coefficient (Wildman–Crippen LogP) is 6.78. The van der Waals surface area contributed by atoms with E-state index in [0.717, 1.165) is 10.3 Å². The summed E-state index contributed by atoms with van der Waals surface area (Å²) in [5.41, 5.74) is 2.89. The number of methoxy groups -OCH3 is 1. The monoisotopic (exact) mass is 551 g/mol. The van der Waals surface area contributed by atoms with E-state index in [4.69, 9.17) is 27.9 Å². The van der Waals surface area contributed by atoms with Gasteiger partial charge in [0, 0.05) is 11.6 Å². The van der Waals surface area contributed by atoms with Crippen molar-refractivity contribution in [3.05, 3.63) is 61.2 Å². The molecular formula is C21H16BrCl2N5O2S. The minimum atomic E-state index is -0.401. The summed E-state index contributed by atoms with van der Waals surface area (Å²) in [4.78, 5) is 26.1. The molecule has 0 radical (unpaired) electrons. The lowest BCUT2D eigenvalue weighted by Gasteiger charge is -2.16. The summed E-state index contributed by atoms with van der Waals surface area (Å²) >= 11 is 17.7. The Hall–Kier alpha value is -2.46. The Morgan fingerprint density at radius 3 is 2.62 bits per heavy atom. The number of rotatable bonds is 5. The first-order chi connectivity index (χ1) is 15.3. The van der Waals surface area contributed by atoms with Crippen LogP contribution in [0.3, 0.4) is 0 Å². The van der Waals surface area contributed by atoms with Gasteiger partial charge in [-0.05, 0) is 47.0 Å². The SMILES string of the molecule is COc1c(Cl)c(NC(=O)c2csc3c(Nc4ccc(C)cn4)ncnc23)c(Cl)c(C)c1Br. The minimum absolute atomic E-state index is 0.199. The predicted molar refractivity (Wildman–Crippen MR) is 133 cm³/mol. The van der Waals surface area contributed by atoms with Gasteiger partial charge in [-0.25, -0.2) is 15.0 Å². The van der Waals surface area contributed by atoms with Gasteiger partial charge in [0.2, 0.25) is 0 Å². The summed E-state index contributed by atoms with van der Waals surface area (Å²) < 4.78 is 6.70. The lowest BCUT2D eigenvalue weighted by Crippen LogP contribution is -2.13. The number of aromatic nitrogens is 3. The highest BCUT2D eigenvalue weighted by Gasteiger charge is 2.23. The van der Waals surface area contributed by atoms with Crippen LogP contribution >= 0.6 is 50.5 Å². The first-order valence-corrected chi connectivity index (χ1v) is 11.7. The van der Waals surface area contributed by atoms with Gasteiger partial charge in [-0.1, -0.05) is 29.3 Å². The summed E-state index contributed by atoms with van der Waals surface area (Å²) in [5, 5.41) is 8.21. The van der Waals surface area contributed by atoms with Gasteiger partial charge in [0.15, 0.2) is 11.6 Å². The van der Waals surface area contributed by atoms with Crippen molar-refractivity contribution in [1.29, 1.82) is 0 Å². The molecule has 3 heterocycles. The molecule has 0 aliphatic carbocycles. The van der Waals surface area contributed by atoms with Crippen LogP contribution in [0, 0.1) is 13.8 Å². The quantitative estimate of drug-likeness (QED) is 0.284. The highest BCUT2D eigenvalue weighted by molar-refractivity contribution is 9.10. The third-order valence-electron chi connectivity index (χ3n) is 4.69. The third-order valence-corrected chi connectivity index (χ3v) is 7.46. The summed E-state index contributed by atoms with van der Waals surface area (Å²) in [6, 6.07) is 3.81. The maximum absolute atomic E-state index is 13.1. The molecule has 4 aromatic rings. The van der Waals surface area contributed by atoms with E-state index in [0.29, 0.717) is 43.5 Å². The van der Waals surface area contributed by atoms with Gasteiger partial charge in [0.05, 0.1) is 38.1 Å². The van der Waals surface area contributed by atoms with Crippen molar-refractivity contribution >= 4 is 83.9 Å². The number of benzene rings is 1. The number of nitrogens with zero attached hydrogens (tertiary/aromatic N) is 3. The van der Waals surface area contributed by atoms with E-state index in [1.54, 1.807) is 18.5 Å². The standard InChI is InChI=1S/C21H16BrCl2N5O2S/c1-9-4-5-12(25-6-9)28-20-19-16(26-8-27-20)11(7-32-19)21(30)29-17-14(23)10(2)13(22)18(31-3)15(17)24/h4-8H,1-3H3,(H,29,30)(H,25,26,27,28). The number of pyridine rings is 1. The molecule has 0 aliphatic heterocycles. The van der Waals surface area contributed by atoms with E-state index in [9.17, 15) is 4.79 Å². The second-order valence-electron chi connectivity index (χ2n) is 6.82. The molecule has 0 saturated carbocycles. The summed E-state index contributed by atoms with van der Waals surface area (Å²) in [6.45, 7) is 3.76. The molecule has 4 rings (SSSR count). The number of carbonyl (C=O) groups is 1. The molecule has 164 valence electrons. The fraction of sp³-hybridized carbons (Fsp3) is 0.143. The number of amides is 1. The van der Waals surface area contributed by atoms with Crippen molar-refractivity contribution < 1.29 is 9.53 Å². The van der Waals surface area contributed by atoms with Crippen LogP contribution in [-0.4, -0.2) is 28.0 Å². The van der Waals surface area contributed by atoms with Gasteiger partial charge in [0.25, 0.3) is 5.91 Å². The number of halogens is 3. The Kier molecular flexibility index (Phi) is 6.52. The second-order valence-corrected chi connectivity index (χ2v) is 9.25. The van der Waals surface area contributed by atoms with Crippen molar-refractivity contribution in [2.45, 2.75) is 13.8 Å². The molecule has 11 heteroatoms. The minimum Gasteiger partial charge on any atom is -0.494 e. The number of carbonyl (C=O) groups excluding carboxylic acids is 1. The average Bonchev–Trinajstić information content (AvgIpc) is 3.22. The Balaban J connectivity index is 1.69. The fourth-order valence-electron chi connectivity index (χ4n) is 2.99. The van der Waals surface area contributed by atoms with E-state index in [2.05, 4.69) is 41.5 Å². The molecule has 0 bridgehead atoms. The van der Waals surface area contributed by atoms with Gasteiger partial charge >= 0.3 is 0 Å². The maximum atomic E-state index is 13.1. The Morgan fingerprint density at radius 1 is 1.16 bits per heavy atom. The summed E-state index contributed by atoms with van der Waals surface area (Å²) in [5.74, 6) is 1.19. The molecular weight excluding hydrogens is 537 g/mol. The van der Waals surface area contributed by atoms with Crippen LogP contribution < -0.4 is 15.4 Å². The second kappa shape index (κ2) is 9.19. The lowest BCUT2D eigenvalue weighted by molar-refractivity contribution is 0.102. The molecule has 7 nitrogen and oxygen atoms in total. The molecule has 0 saturated heterocycles. The first-order valence-electron chi connectivity index (χ1n) is 9.26. The number of fused-ring (bicyclic) bond motifs is 1. The van der Waals surface area contributed by atoms with E-state index in [1.807, 2.05) is 19.1 Å². The normalized spacial score (nSPS) is 10.9. The van der Waals surface area contributed by atoms with Crippen LogP contribution in [0.5, 0.6) is 5.75 Å². The topological polar surface area (TPSA) is 89.0 Å². The number of hydrogen-bond acceptors (Lipinski definition) is 7. The molecule has 0 unspecified atom stereocenters. The molecule has 3 aromatic heterocycles. The Labute approximate surface area is 206 Å². The zero-order valence-electron chi connectivity index (χ0n) is 17.1. The van der Waals surface area contributed by atoms with Crippen LogP contribution in [0.15, 0.2) is 34.5 Å². The van der Waals surface area contributed by atoms with Crippen molar-refractivity contribution in [3.63, 3.8) is 0 Å². The number of anilines is 3. The molecule has 0 fully saturated rings. The van der Waals surface area contributed by atoms with Gasteiger partial charge in [0.1, 0.15) is 17.2 Å². The first kappa shape index (κ1) is 22.7. The maximum Gasteiger partial charge on any atom is 0.258 e. The van der Waals surface area contributed by atoms with Crippen molar-refractivity contribution in [3.8, 4) is 5.75 Å². The Morgan fingerprint density at radius 2 is 1.94 bits per heavy atom. The molecule has 2 N–H and O–H groups in total. The van der Waals surface area contributed by atoms with Gasteiger partial charge in [-0.15, -0.1) is 11.3 Å². The summed E-state index contributed by atoms with van der Waals surface area (Å²) in [6.07, 6.45) is 3.16. The summed E-state index contributed by atoms with van der Waals surface area (Å²) in [7, 11) is 1.49. The van der Waals surface area contributed by atoms with Crippen LogP contribution in [0.4, 0.5) is 17.3 Å². The smallest absolute Gasteiger partial charge is 0.258 e. The third kappa shape index (κ3) is 4.13. The highest BCUT2D eigenvalue weighted by atomic mass is 79.9. The number of thiophene rings is 1. The van der Waals surface area contributed by atoms with Crippen LogP contribution in [-0.2, 0) is 0 Å². The van der Waals surface area contributed by atoms with Crippen molar-refractivity contribution in [1.82, 2.24) is 15.0 Å². The number of ether oxygens (including phenoxy) is 1. The fourth-order valence-corrected chi connectivity index (χ4v) is 5.32. The Bertz CT molecular complexity index is 1340. The lowest BCUT2D eigenvalue weighted by atomic mass is 10.2. The molecule has 1 aromatic carbocycles. The molecule has 32 heavy (non-hydrogen) atoms. The molecule has 1 amide bonds. The van der Waals surface area contributed by atoms with Gasteiger partial charge in [-0.3, -0.25) is 4.79 Å². The number of hydrogen-bond donors (Lipinski definition) is 2. The molecule has 0 atom stereocenters. The van der Waals surface area contributed by atoms with Crippen molar-refractivity contribution in [2.75, 3.05) is 17.7 Å². The number of aryl methyl sites for hydroxylation is 1. The van der Waals surface area contributed by atoms with Crippen LogP contribution in [0.2, 0.25) is 10.0 Å². The van der Waals surface area contributed by atoms with E-state index < -0.39 is 5.91 Å².